The first-order chi connectivity index (χ1) is 16.2. The van der Waals surface area contributed by atoms with Gasteiger partial charge in [0.15, 0.2) is 6.61 Å². The summed E-state index contributed by atoms with van der Waals surface area (Å²) in [6, 6.07) is 7.91. The number of carboxylic acid groups (broad SMARTS) is 1. The maximum atomic E-state index is 12.4. The van der Waals surface area contributed by atoms with Crippen LogP contribution in [0, 0.1) is 0 Å². The summed E-state index contributed by atoms with van der Waals surface area (Å²) in [7, 11) is 0. The molecule has 34 heavy (non-hydrogen) atoms. The second-order valence-corrected chi connectivity index (χ2v) is 8.13. The first kappa shape index (κ1) is 23.2. The van der Waals surface area contributed by atoms with Crippen molar-refractivity contribution in [1.29, 1.82) is 0 Å². The molecule has 4 rings (SSSR count). The minimum Gasteiger partial charge on any atom is -0.508 e. The van der Waals surface area contributed by atoms with E-state index < -0.39 is 30.2 Å². The lowest BCUT2D eigenvalue weighted by atomic mass is 10.0. The van der Waals surface area contributed by atoms with Crippen LogP contribution in [-0.2, 0) is 22.4 Å². The average Bonchev–Trinajstić information content (AvgIpc) is 3.18. The van der Waals surface area contributed by atoms with Gasteiger partial charge in [-0.25, -0.2) is 9.59 Å². The number of hydrogen-bond donors (Lipinski definition) is 4. The number of rotatable bonds is 8. The van der Waals surface area contributed by atoms with Crippen LogP contribution in [0.1, 0.15) is 18.1 Å². The number of aromatic nitrogens is 1. The predicted octanol–water partition coefficient (Wildman–Crippen LogP) is 3.39. The van der Waals surface area contributed by atoms with Gasteiger partial charge in [0, 0.05) is 41.0 Å². The van der Waals surface area contributed by atoms with Crippen LogP contribution in [0.2, 0.25) is 5.02 Å². The third kappa shape index (κ3) is 4.84. The van der Waals surface area contributed by atoms with Gasteiger partial charge in [-0.05, 0) is 41.8 Å². The van der Waals surface area contributed by atoms with E-state index >= 15 is 0 Å². The fourth-order valence-corrected chi connectivity index (χ4v) is 3.98. The van der Waals surface area contributed by atoms with Crippen molar-refractivity contribution in [2.24, 2.45) is 0 Å². The Labute approximate surface area is 197 Å². The Morgan fingerprint density at radius 2 is 1.97 bits per heavy atom. The number of carbonyl (C=O) groups is 2. The summed E-state index contributed by atoms with van der Waals surface area (Å²) in [6.07, 6.45) is 2.23. The van der Waals surface area contributed by atoms with Gasteiger partial charge in [-0.15, -0.1) is 0 Å². The van der Waals surface area contributed by atoms with Crippen molar-refractivity contribution in [3.05, 3.63) is 69.2 Å². The molecule has 4 N–H and O–H groups in total. The van der Waals surface area contributed by atoms with Gasteiger partial charge in [-0.2, -0.15) is 0 Å². The summed E-state index contributed by atoms with van der Waals surface area (Å²) >= 11 is 6.28. The second kappa shape index (κ2) is 9.48. The van der Waals surface area contributed by atoms with E-state index in [-0.39, 0.29) is 28.5 Å². The normalized spacial score (nSPS) is 12.1. The molecule has 4 aromatic rings. The summed E-state index contributed by atoms with van der Waals surface area (Å²) < 4.78 is 10.7. The van der Waals surface area contributed by atoms with Crippen molar-refractivity contribution in [3.8, 4) is 11.5 Å². The highest BCUT2D eigenvalue weighted by Gasteiger charge is 2.22. The number of carbonyl (C=O) groups excluding carboxylic acids is 1. The van der Waals surface area contributed by atoms with Crippen molar-refractivity contribution in [2.75, 3.05) is 6.61 Å². The zero-order chi connectivity index (χ0) is 24.4. The third-order valence-corrected chi connectivity index (χ3v) is 5.73. The molecule has 2 aromatic carbocycles. The molecule has 0 saturated carbocycles. The Balaban J connectivity index is 1.47. The molecule has 0 aliphatic heterocycles. The number of aromatic amines is 1. The van der Waals surface area contributed by atoms with Crippen molar-refractivity contribution < 1.29 is 29.0 Å². The van der Waals surface area contributed by atoms with Crippen LogP contribution in [0.3, 0.4) is 0 Å². The number of aromatic hydroxyl groups is 1. The minimum absolute atomic E-state index is 0.00773. The molecule has 1 unspecified atom stereocenters. The Kier molecular flexibility index (Phi) is 6.47. The van der Waals surface area contributed by atoms with Crippen molar-refractivity contribution in [3.63, 3.8) is 0 Å². The van der Waals surface area contributed by atoms with Gasteiger partial charge in [0.1, 0.15) is 23.1 Å². The number of H-pyrrole nitrogens is 1. The van der Waals surface area contributed by atoms with Crippen molar-refractivity contribution in [1.82, 2.24) is 10.3 Å². The number of nitrogens with one attached hydrogen (secondary N) is 2. The number of carboxylic acids is 1. The van der Waals surface area contributed by atoms with Gasteiger partial charge in [-0.1, -0.05) is 18.5 Å². The van der Waals surface area contributed by atoms with Gasteiger partial charge in [0.25, 0.3) is 5.91 Å². The number of phenols is 1. The molecule has 1 amide bonds. The molecule has 0 fully saturated rings. The van der Waals surface area contributed by atoms with E-state index in [1.807, 2.05) is 6.92 Å². The van der Waals surface area contributed by atoms with E-state index in [9.17, 15) is 24.6 Å². The molecule has 0 spiro atoms. The standard InChI is InChI=1S/C24H21ClN2O7/c1-2-12-6-23(30)34-20-9-21(17(25)8-16(12)20)33-11-22(29)27-19(24(31)32)5-13-10-26-18-4-3-14(28)7-15(13)18/h3-4,6-10,19,26,28H,2,5,11H2,1H3,(H,27,29)(H,31,32). The molecule has 0 saturated heterocycles. The van der Waals surface area contributed by atoms with Crippen LogP contribution in [0.25, 0.3) is 21.9 Å². The molecule has 176 valence electrons. The van der Waals surface area contributed by atoms with E-state index in [2.05, 4.69) is 10.3 Å². The van der Waals surface area contributed by atoms with E-state index in [0.717, 1.165) is 11.1 Å². The lowest BCUT2D eigenvalue weighted by molar-refractivity contribution is -0.142. The number of phenolic OH excluding ortho intramolecular Hbond substituents is 1. The average molecular weight is 485 g/mol. The number of fused-ring (bicyclic) bond motifs is 2. The van der Waals surface area contributed by atoms with Gasteiger partial charge >= 0.3 is 11.6 Å². The second-order valence-electron chi connectivity index (χ2n) is 7.72. The number of ether oxygens (including phenoxy) is 1. The molecule has 1 atom stereocenters. The van der Waals surface area contributed by atoms with Crippen LogP contribution in [0.15, 0.2) is 51.8 Å². The number of aryl methyl sites for hydroxylation is 1. The molecule has 2 aromatic heterocycles. The van der Waals surface area contributed by atoms with Crippen LogP contribution < -0.4 is 15.7 Å². The lowest BCUT2D eigenvalue weighted by Crippen LogP contribution is -2.44. The fraction of sp³-hybridized carbons (Fsp3) is 0.208. The Hall–Kier alpha value is -3.98. The van der Waals surface area contributed by atoms with Gasteiger partial charge in [-0.3, -0.25) is 4.79 Å². The lowest BCUT2D eigenvalue weighted by Gasteiger charge is -2.15. The van der Waals surface area contributed by atoms with Crippen LogP contribution in [0.4, 0.5) is 0 Å². The summed E-state index contributed by atoms with van der Waals surface area (Å²) in [5.41, 5.74) is 1.89. The number of benzene rings is 2. The number of halogens is 1. The van der Waals surface area contributed by atoms with E-state index in [4.69, 9.17) is 20.8 Å². The Morgan fingerprint density at radius 3 is 2.71 bits per heavy atom. The molecule has 9 nitrogen and oxygen atoms in total. The number of aliphatic carboxylic acids is 1. The van der Waals surface area contributed by atoms with Crippen molar-refractivity contribution >= 4 is 45.3 Å². The molecule has 2 heterocycles. The molecule has 10 heteroatoms. The molecule has 0 radical (unpaired) electrons. The molecule has 0 aliphatic carbocycles. The van der Waals surface area contributed by atoms with Gasteiger partial charge < -0.3 is 29.7 Å². The van der Waals surface area contributed by atoms with Gasteiger partial charge in [0.2, 0.25) is 0 Å². The zero-order valence-corrected chi connectivity index (χ0v) is 18.8. The maximum Gasteiger partial charge on any atom is 0.336 e. The first-order valence-corrected chi connectivity index (χ1v) is 10.8. The highest BCUT2D eigenvalue weighted by atomic mass is 35.5. The van der Waals surface area contributed by atoms with Crippen LogP contribution >= 0.6 is 11.6 Å². The topological polar surface area (TPSA) is 142 Å². The van der Waals surface area contributed by atoms with Crippen LogP contribution in [0.5, 0.6) is 11.5 Å². The summed E-state index contributed by atoms with van der Waals surface area (Å²) in [5.74, 6) is -1.72. The minimum atomic E-state index is -1.23. The Bertz CT molecular complexity index is 1460. The fourth-order valence-electron chi connectivity index (χ4n) is 3.77. The molecule has 0 aliphatic rings. The highest BCUT2D eigenvalue weighted by Crippen LogP contribution is 2.31. The van der Waals surface area contributed by atoms with E-state index in [1.165, 1.54) is 24.3 Å². The predicted molar refractivity (Wildman–Crippen MR) is 126 cm³/mol. The Morgan fingerprint density at radius 1 is 1.18 bits per heavy atom. The molecule has 0 bridgehead atoms. The highest BCUT2D eigenvalue weighted by molar-refractivity contribution is 6.32. The van der Waals surface area contributed by atoms with E-state index in [1.54, 1.807) is 18.3 Å². The van der Waals surface area contributed by atoms with E-state index in [0.29, 0.717) is 22.8 Å². The largest absolute Gasteiger partial charge is 0.508 e. The monoisotopic (exact) mass is 484 g/mol. The summed E-state index contributed by atoms with van der Waals surface area (Å²) in [6.45, 7) is 1.40. The SMILES string of the molecule is CCc1cc(=O)oc2cc(OCC(=O)NC(Cc3c[nH]c4ccc(O)cc34)C(=O)O)c(Cl)cc12. The number of hydrogen-bond acceptors (Lipinski definition) is 6. The number of amides is 1. The summed E-state index contributed by atoms with van der Waals surface area (Å²) in [4.78, 5) is 39.0. The van der Waals surface area contributed by atoms with Crippen molar-refractivity contribution in [2.45, 2.75) is 25.8 Å². The maximum absolute atomic E-state index is 12.4. The quantitative estimate of drug-likeness (QED) is 0.281. The molecular weight excluding hydrogens is 464 g/mol. The third-order valence-electron chi connectivity index (χ3n) is 5.43. The summed E-state index contributed by atoms with van der Waals surface area (Å²) in [5, 5.41) is 23.3. The van der Waals surface area contributed by atoms with Gasteiger partial charge in [0.05, 0.1) is 5.02 Å². The van der Waals surface area contributed by atoms with Crippen LogP contribution in [-0.4, -0.2) is 39.7 Å². The zero-order valence-electron chi connectivity index (χ0n) is 18.1. The molecular formula is C24H21ClN2O7. The smallest absolute Gasteiger partial charge is 0.336 e. The first-order valence-electron chi connectivity index (χ1n) is 10.5.